The van der Waals surface area contributed by atoms with E-state index in [4.69, 9.17) is 15.2 Å². The number of piperazine rings is 1. The van der Waals surface area contributed by atoms with Crippen LogP contribution in [0.25, 0.3) is 33.5 Å². The summed E-state index contributed by atoms with van der Waals surface area (Å²) in [4.78, 5) is 30.0. The lowest BCUT2D eigenvalue weighted by Gasteiger charge is -2.36. The van der Waals surface area contributed by atoms with Crippen molar-refractivity contribution in [1.29, 1.82) is 0 Å². The van der Waals surface area contributed by atoms with Gasteiger partial charge in [-0.15, -0.1) is 0 Å². The highest BCUT2D eigenvalue weighted by Crippen LogP contribution is 2.36. The number of nitrogens with zero attached hydrogens (tertiary/aromatic N) is 7. The van der Waals surface area contributed by atoms with Crippen LogP contribution in [0, 0.1) is 0 Å². The molecule has 180 valence electrons. The van der Waals surface area contributed by atoms with Crippen molar-refractivity contribution in [2.75, 3.05) is 33.8 Å². The smallest absolute Gasteiger partial charge is 0.418 e. The number of aryl methyl sites for hydroxylation is 1. The van der Waals surface area contributed by atoms with Gasteiger partial charge < -0.3 is 20.1 Å². The molecule has 4 heterocycles. The van der Waals surface area contributed by atoms with Gasteiger partial charge in [0, 0.05) is 50.1 Å². The molecule has 1 amide bonds. The number of hydrogen-bond donors (Lipinski definition) is 1. The van der Waals surface area contributed by atoms with Crippen LogP contribution in [0.4, 0.5) is 4.79 Å². The first-order valence-electron chi connectivity index (χ1n) is 11.2. The number of nitrogens with two attached hydrogens (primary N) is 1. The van der Waals surface area contributed by atoms with Gasteiger partial charge in [-0.2, -0.15) is 5.10 Å². The summed E-state index contributed by atoms with van der Waals surface area (Å²) in [5.41, 5.74) is 10.2. The second-order valence-electron chi connectivity index (χ2n) is 8.41. The number of likely N-dealkylation sites (N-methyl/N-ethyl adjacent to an activating group) is 1. The molecule has 1 aliphatic heterocycles. The number of hydrogen-bond acceptors (Lipinski definition) is 9. The number of carbonyl (C=O) groups is 1. The van der Waals surface area contributed by atoms with Gasteiger partial charge in [-0.25, -0.2) is 19.7 Å². The first-order chi connectivity index (χ1) is 16.9. The molecule has 1 saturated heterocycles. The summed E-state index contributed by atoms with van der Waals surface area (Å²) >= 11 is 0. The first-order valence-corrected chi connectivity index (χ1v) is 11.2. The van der Waals surface area contributed by atoms with Gasteiger partial charge in [0.1, 0.15) is 23.2 Å². The predicted molar refractivity (Wildman–Crippen MR) is 130 cm³/mol. The standard InChI is InChI=1S/C24H26N8O3/c1-30-9-10-32(19(25)13-30)24(33)35-23-18(34-3)11-17-22(28-23)21(27-14-26-17)16-12-31(2)29-20(16)15-7-5-4-6-8-15/h4-8,11-12,14,19H,9-10,13,25H2,1-3H3/t19-/m1/s1. The van der Waals surface area contributed by atoms with Gasteiger partial charge in [0.25, 0.3) is 5.88 Å². The predicted octanol–water partition coefficient (Wildman–Crippen LogP) is 2.13. The summed E-state index contributed by atoms with van der Waals surface area (Å²) in [6.45, 7) is 1.71. The molecule has 1 fully saturated rings. The van der Waals surface area contributed by atoms with Crippen molar-refractivity contribution in [3.05, 3.63) is 48.9 Å². The summed E-state index contributed by atoms with van der Waals surface area (Å²) in [7, 11) is 5.29. The van der Waals surface area contributed by atoms with Gasteiger partial charge in [-0.1, -0.05) is 30.3 Å². The minimum atomic E-state index is -0.583. The Labute approximate surface area is 202 Å². The average molecular weight is 475 g/mol. The topological polar surface area (TPSA) is 125 Å². The van der Waals surface area contributed by atoms with E-state index in [9.17, 15) is 4.79 Å². The van der Waals surface area contributed by atoms with Crippen LogP contribution in [0.5, 0.6) is 11.6 Å². The van der Waals surface area contributed by atoms with Crippen LogP contribution in [0.2, 0.25) is 0 Å². The molecule has 5 rings (SSSR count). The van der Waals surface area contributed by atoms with Crippen LogP contribution in [0.1, 0.15) is 0 Å². The van der Waals surface area contributed by atoms with E-state index in [1.807, 2.05) is 50.6 Å². The Kier molecular flexibility index (Phi) is 6.01. The van der Waals surface area contributed by atoms with Crippen LogP contribution < -0.4 is 15.2 Å². The van der Waals surface area contributed by atoms with Crippen molar-refractivity contribution in [2.45, 2.75) is 6.17 Å². The molecule has 11 nitrogen and oxygen atoms in total. The fourth-order valence-corrected chi connectivity index (χ4v) is 4.16. The zero-order valence-electron chi connectivity index (χ0n) is 19.8. The largest absolute Gasteiger partial charge is 0.491 e. The fourth-order valence-electron chi connectivity index (χ4n) is 4.16. The maximum atomic E-state index is 13.0. The first kappa shape index (κ1) is 22.7. The summed E-state index contributed by atoms with van der Waals surface area (Å²) in [5.74, 6) is 0.310. The molecule has 1 aliphatic rings. The Morgan fingerprint density at radius 2 is 1.91 bits per heavy atom. The van der Waals surface area contributed by atoms with Crippen molar-refractivity contribution >= 4 is 17.1 Å². The number of methoxy groups -OCH3 is 1. The Hall–Kier alpha value is -4.09. The number of pyridine rings is 1. The van der Waals surface area contributed by atoms with E-state index < -0.39 is 12.3 Å². The van der Waals surface area contributed by atoms with E-state index in [1.54, 1.807) is 10.7 Å². The lowest BCUT2D eigenvalue weighted by molar-refractivity contribution is 0.0833. The van der Waals surface area contributed by atoms with Crippen molar-refractivity contribution < 1.29 is 14.3 Å². The van der Waals surface area contributed by atoms with Gasteiger partial charge in [0.05, 0.1) is 18.8 Å². The molecule has 11 heteroatoms. The quantitative estimate of drug-likeness (QED) is 0.473. The number of ether oxygens (including phenoxy) is 2. The Morgan fingerprint density at radius 1 is 1.11 bits per heavy atom. The average Bonchev–Trinajstić information content (AvgIpc) is 3.25. The molecule has 1 atom stereocenters. The maximum absolute atomic E-state index is 13.0. The zero-order chi connectivity index (χ0) is 24.5. The second kappa shape index (κ2) is 9.28. The monoisotopic (exact) mass is 474 g/mol. The van der Waals surface area contributed by atoms with E-state index in [0.29, 0.717) is 36.4 Å². The van der Waals surface area contributed by atoms with Crippen LogP contribution >= 0.6 is 0 Å². The molecule has 0 bridgehead atoms. The summed E-state index contributed by atoms with van der Waals surface area (Å²) in [6, 6.07) is 11.5. The highest BCUT2D eigenvalue weighted by Gasteiger charge is 2.29. The number of aromatic nitrogens is 5. The molecule has 3 aromatic heterocycles. The van der Waals surface area contributed by atoms with Gasteiger partial charge in [-0.05, 0) is 7.05 Å². The number of amides is 1. The molecule has 0 aliphatic carbocycles. The second-order valence-corrected chi connectivity index (χ2v) is 8.41. The lowest BCUT2D eigenvalue weighted by Crippen LogP contribution is -2.58. The third-order valence-corrected chi connectivity index (χ3v) is 5.93. The SMILES string of the molecule is COc1cc2ncnc(-c3cn(C)nc3-c3ccccc3)c2nc1OC(=O)N1CCN(C)C[C@@H]1N. The summed E-state index contributed by atoms with van der Waals surface area (Å²) in [6.07, 6.45) is 2.29. The summed E-state index contributed by atoms with van der Waals surface area (Å²) in [5, 5.41) is 4.64. The minimum Gasteiger partial charge on any atom is -0.491 e. The Morgan fingerprint density at radius 3 is 2.66 bits per heavy atom. The third kappa shape index (κ3) is 4.38. The maximum Gasteiger partial charge on any atom is 0.418 e. The van der Waals surface area contributed by atoms with E-state index in [2.05, 4.69) is 25.0 Å². The molecular weight excluding hydrogens is 448 g/mol. The van der Waals surface area contributed by atoms with Crippen LogP contribution in [0.15, 0.2) is 48.9 Å². The molecule has 0 saturated carbocycles. The highest BCUT2D eigenvalue weighted by atomic mass is 16.6. The molecule has 0 spiro atoms. The van der Waals surface area contributed by atoms with Crippen LogP contribution in [-0.4, -0.2) is 80.6 Å². The Bertz CT molecular complexity index is 1370. The highest BCUT2D eigenvalue weighted by molar-refractivity contribution is 5.94. The molecule has 0 unspecified atom stereocenters. The van der Waals surface area contributed by atoms with Crippen LogP contribution in [0.3, 0.4) is 0 Å². The van der Waals surface area contributed by atoms with Crippen molar-refractivity contribution in [3.8, 4) is 34.1 Å². The van der Waals surface area contributed by atoms with Crippen molar-refractivity contribution in [1.82, 2.24) is 34.5 Å². The van der Waals surface area contributed by atoms with Crippen LogP contribution in [-0.2, 0) is 7.05 Å². The molecule has 4 aromatic rings. The number of carbonyl (C=O) groups excluding carboxylic acids is 1. The van der Waals surface area contributed by atoms with Gasteiger partial charge in [0.15, 0.2) is 5.75 Å². The number of rotatable bonds is 4. The minimum absolute atomic E-state index is 0.0253. The van der Waals surface area contributed by atoms with Gasteiger partial charge in [-0.3, -0.25) is 9.58 Å². The molecule has 0 radical (unpaired) electrons. The third-order valence-electron chi connectivity index (χ3n) is 5.93. The lowest BCUT2D eigenvalue weighted by atomic mass is 10.0. The van der Waals surface area contributed by atoms with Gasteiger partial charge >= 0.3 is 6.09 Å². The van der Waals surface area contributed by atoms with E-state index in [0.717, 1.165) is 16.8 Å². The van der Waals surface area contributed by atoms with Gasteiger partial charge in [0.2, 0.25) is 0 Å². The van der Waals surface area contributed by atoms with E-state index in [1.165, 1.54) is 18.3 Å². The molecule has 35 heavy (non-hydrogen) atoms. The van der Waals surface area contributed by atoms with Crippen molar-refractivity contribution in [2.24, 2.45) is 12.8 Å². The number of fused-ring (bicyclic) bond motifs is 1. The van der Waals surface area contributed by atoms with E-state index >= 15 is 0 Å². The molecule has 1 aromatic carbocycles. The fraction of sp³-hybridized carbons (Fsp3) is 0.292. The molecule has 2 N–H and O–H groups in total. The zero-order valence-corrected chi connectivity index (χ0v) is 19.8. The Balaban J connectivity index is 1.57. The molecular formula is C24H26N8O3. The number of benzene rings is 1. The van der Waals surface area contributed by atoms with E-state index in [-0.39, 0.29) is 11.6 Å². The normalized spacial score (nSPS) is 16.5. The van der Waals surface area contributed by atoms with Crippen molar-refractivity contribution in [3.63, 3.8) is 0 Å². The summed E-state index contributed by atoms with van der Waals surface area (Å²) < 4.78 is 12.9.